The first-order valence-corrected chi connectivity index (χ1v) is 7.89. The molecule has 0 aliphatic heterocycles. The van der Waals surface area contributed by atoms with Crippen molar-refractivity contribution in [2.24, 2.45) is 7.05 Å². The molecular weight excluding hydrogens is 266 g/mol. The molecule has 0 radical (unpaired) electrons. The van der Waals surface area contributed by atoms with E-state index < -0.39 is 0 Å². The predicted octanol–water partition coefficient (Wildman–Crippen LogP) is 5.15. The minimum atomic E-state index is 0.413. The summed E-state index contributed by atoms with van der Waals surface area (Å²) in [6.07, 6.45) is 1.07. The summed E-state index contributed by atoms with van der Waals surface area (Å²) >= 11 is 0. The molecule has 3 aromatic rings. The van der Waals surface area contributed by atoms with Crippen LogP contribution in [0.25, 0.3) is 16.5 Å². The second-order valence-electron chi connectivity index (χ2n) is 6.61. The van der Waals surface area contributed by atoms with Crippen LogP contribution in [0.3, 0.4) is 0 Å². The Morgan fingerprint density at radius 2 is 1.86 bits per heavy atom. The molecule has 0 amide bonds. The van der Waals surface area contributed by atoms with Crippen LogP contribution in [0.15, 0.2) is 49.0 Å². The molecular formula is C21H21N. The van der Waals surface area contributed by atoms with Crippen molar-refractivity contribution in [2.45, 2.75) is 26.2 Å². The molecule has 1 unspecified atom stereocenters. The number of aryl methyl sites for hydroxylation is 3. The van der Waals surface area contributed by atoms with Gasteiger partial charge in [0.1, 0.15) is 0 Å². The van der Waals surface area contributed by atoms with Crippen molar-refractivity contribution in [3.8, 4) is 0 Å². The van der Waals surface area contributed by atoms with E-state index in [1.807, 2.05) is 0 Å². The summed E-state index contributed by atoms with van der Waals surface area (Å²) in [5.41, 5.74) is 9.37. The van der Waals surface area contributed by atoms with E-state index in [2.05, 4.69) is 74.5 Å². The van der Waals surface area contributed by atoms with Crippen LogP contribution in [0.2, 0.25) is 0 Å². The van der Waals surface area contributed by atoms with Gasteiger partial charge in [-0.05, 0) is 60.1 Å². The lowest BCUT2D eigenvalue weighted by molar-refractivity contribution is 0.891. The van der Waals surface area contributed by atoms with Crippen molar-refractivity contribution in [2.75, 3.05) is 0 Å². The largest absolute Gasteiger partial charge is 0.348 e. The Morgan fingerprint density at radius 1 is 1.05 bits per heavy atom. The Morgan fingerprint density at radius 3 is 2.68 bits per heavy atom. The van der Waals surface area contributed by atoms with Crippen LogP contribution >= 0.6 is 0 Å². The van der Waals surface area contributed by atoms with E-state index in [0.717, 1.165) is 6.42 Å². The molecule has 2 aromatic carbocycles. The maximum atomic E-state index is 4.40. The van der Waals surface area contributed by atoms with Crippen LogP contribution in [-0.4, -0.2) is 4.57 Å². The number of nitrogens with zero attached hydrogens (tertiary/aromatic N) is 1. The Hall–Kier alpha value is -2.28. The van der Waals surface area contributed by atoms with Crippen molar-refractivity contribution >= 4 is 16.5 Å². The second-order valence-corrected chi connectivity index (χ2v) is 6.61. The van der Waals surface area contributed by atoms with E-state index in [1.165, 1.54) is 44.4 Å². The lowest BCUT2D eigenvalue weighted by Gasteiger charge is -2.13. The summed E-state index contributed by atoms with van der Waals surface area (Å²) in [5, 5.41) is 1.32. The van der Waals surface area contributed by atoms with Gasteiger partial charge in [-0.3, -0.25) is 0 Å². The Labute approximate surface area is 131 Å². The van der Waals surface area contributed by atoms with Crippen LogP contribution in [0, 0.1) is 13.8 Å². The Bertz CT molecular complexity index is 911. The summed E-state index contributed by atoms with van der Waals surface area (Å²) in [6, 6.07) is 15.9. The fraction of sp³-hybridized carbons (Fsp3) is 0.238. The SMILES string of the molecule is C=C1c2cc(C)ccc2CC1c1ccc2cc(C)n(C)c2c1. The van der Waals surface area contributed by atoms with Crippen molar-refractivity contribution < 1.29 is 0 Å². The lowest BCUT2D eigenvalue weighted by Crippen LogP contribution is -1.97. The summed E-state index contributed by atoms with van der Waals surface area (Å²) in [4.78, 5) is 0. The van der Waals surface area contributed by atoms with Gasteiger partial charge in [-0.2, -0.15) is 0 Å². The van der Waals surface area contributed by atoms with Gasteiger partial charge in [-0.15, -0.1) is 0 Å². The Balaban J connectivity index is 1.80. The highest BCUT2D eigenvalue weighted by atomic mass is 14.9. The van der Waals surface area contributed by atoms with E-state index in [9.17, 15) is 0 Å². The molecule has 1 aliphatic rings. The molecule has 1 aromatic heterocycles. The topological polar surface area (TPSA) is 4.93 Å². The molecule has 0 saturated carbocycles. The molecule has 1 heteroatoms. The van der Waals surface area contributed by atoms with Crippen molar-refractivity contribution in [1.82, 2.24) is 4.57 Å². The van der Waals surface area contributed by atoms with E-state index in [4.69, 9.17) is 0 Å². The highest BCUT2D eigenvalue weighted by Gasteiger charge is 2.27. The van der Waals surface area contributed by atoms with Gasteiger partial charge in [0.25, 0.3) is 0 Å². The molecule has 0 saturated heterocycles. The van der Waals surface area contributed by atoms with Crippen molar-refractivity contribution in [3.05, 3.63) is 77.0 Å². The number of hydrogen-bond acceptors (Lipinski definition) is 0. The number of aromatic nitrogens is 1. The minimum Gasteiger partial charge on any atom is -0.348 e. The van der Waals surface area contributed by atoms with Crippen LogP contribution in [-0.2, 0) is 13.5 Å². The third-order valence-electron chi connectivity index (χ3n) is 5.17. The molecule has 110 valence electrons. The molecule has 1 nitrogen and oxygen atoms in total. The molecule has 0 spiro atoms. The zero-order chi connectivity index (χ0) is 15.4. The number of hydrogen-bond donors (Lipinski definition) is 0. The zero-order valence-corrected chi connectivity index (χ0v) is 13.5. The van der Waals surface area contributed by atoms with E-state index in [0.29, 0.717) is 5.92 Å². The molecule has 1 heterocycles. The number of rotatable bonds is 1. The first kappa shape index (κ1) is 13.4. The summed E-state index contributed by atoms with van der Waals surface area (Å²) < 4.78 is 2.27. The van der Waals surface area contributed by atoms with Crippen LogP contribution in [0.4, 0.5) is 0 Å². The van der Waals surface area contributed by atoms with Gasteiger partial charge in [-0.1, -0.05) is 42.5 Å². The monoisotopic (exact) mass is 287 g/mol. The molecule has 0 N–H and O–H groups in total. The number of fused-ring (bicyclic) bond motifs is 2. The van der Waals surface area contributed by atoms with Gasteiger partial charge in [0.05, 0.1) is 0 Å². The van der Waals surface area contributed by atoms with Gasteiger partial charge in [0.15, 0.2) is 0 Å². The molecule has 0 fully saturated rings. The minimum absolute atomic E-state index is 0.413. The summed E-state index contributed by atoms with van der Waals surface area (Å²) in [6.45, 7) is 8.71. The average Bonchev–Trinajstić information content (AvgIpc) is 2.98. The zero-order valence-electron chi connectivity index (χ0n) is 13.5. The Kier molecular flexibility index (Phi) is 2.80. The van der Waals surface area contributed by atoms with Crippen LogP contribution in [0.1, 0.15) is 33.9 Å². The number of benzene rings is 2. The summed E-state index contributed by atoms with van der Waals surface area (Å²) in [5.74, 6) is 0.413. The third kappa shape index (κ3) is 1.85. The second kappa shape index (κ2) is 4.61. The third-order valence-corrected chi connectivity index (χ3v) is 5.17. The van der Waals surface area contributed by atoms with Crippen LogP contribution < -0.4 is 0 Å². The number of allylic oxidation sites excluding steroid dienone is 1. The predicted molar refractivity (Wildman–Crippen MR) is 94.3 cm³/mol. The van der Waals surface area contributed by atoms with E-state index >= 15 is 0 Å². The van der Waals surface area contributed by atoms with Gasteiger partial charge in [0.2, 0.25) is 0 Å². The highest BCUT2D eigenvalue weighted by molar-refractivity contribution is 5.84. The van der Waals surface area contributed by atoms with E-state index in [-0.39, 0.29) is 0 Å². The molecule has 22 heavy (non-hydrogen) atoms. The normalized spacial score (nSPS) is 17.2. The molecule has 4 rings (SSSR count). The fourth-order valence-corrected chi connectivity index (χ4v) is 3.72. The maximum Gasteiger partial charge on any atom is 0.0482 e. The van der Waals surface area contributed by atoms with Crippen molar-refractivity contribution in [1.29, 1.82) is 0 Å². The van der Waals surface area contributed by atoms with Gasteiger partial charge >= 0.3 is 0 Å². The standard InChI is InChI=1S/C21H21N/c1-13-5-6-16-11-20(15(3)19(16)9-13)17-7-8-18-10-14(2)22(4)21(18)12-17/h5-10,12,20H,3,11H2,1-2,4H3. The first-order chi connectivity index (χ1) is 10.5. The van der Waals surface area contributed by atoms with E-state index in [1.54, 1.807) is 0 Å². The molecule has 1 aliphatic carbocycles. The smallest absolute Gasteiger partial charge is 0.0482 e. The van der Waals surface area contributed by atoms with Crippen molar-refractivity contribution in [3.63, 3.8) is 0 Å². The summed E-state index contributed by atoms with van der Waals surface area (Å²) in [7, 11) is 2.14. The molecule has 0 bridgehead atoms. The highest BCUT2D eigenvalue weighted by Crippen LogP contribution is 2.43. The van der Waals surface area contributed by atoms with Gasteiger partial charge in [0, 0.05) is 24.2 Å². The molecule has 1 atom stereocenters. The first-order valence-electron chi connectivity index (χ1n) is 7.89. The lowest BCUT2D eigenvalue weighted by atomic mass is 9.92. The quantitative estimate of drug-likeness (QED) is 0.583. The fourth-order valence-electron chi connectivity index (χ4n) is 3.72. The maximum absolute atomic E-state index is 4.40. The average molecular weight is 287 g/mol. The van der Waals surface area contributed by atoms with Crippen LogP contribution in [0.5, 0.6) is 0 Å². The van der Waals surface area contributed by atoms with Gasteiger partial charge in [-0.25, -0.2) is 0 Å². The van der Waals surface area contributed by atoms with Gasteiger partial charge < -0.3 is 4.57 Å².